The molecule has 0 radical (unpaired) electrons. The van der Waals surface area contributed by atoms with Crippen LogP contribution in [0.5, 0.6) is 5.75 Å². The second kappa shape index (κ2) is 10.9. The number of hydrogen-bond donors (Lipinski definition) is 1. The monoisotopic (exact) mass is 670 g/mol. The van der Waals surface area contributed by atoms with Crippen molar-refractivity contribution < 1.29 is 24.2 Å². The Labute approximate surface area is 275 Å². The minimum Gasteiger partial charge on any atom is -0.489 e. The van der Waals surface area contributed by atoms with E-state index in [1.165, 1.54) is 48.2 Å². The zero-order valence-electron chi connectivity index (χ0n) is 24.7. The van der Waals surface area contributed by atoms with Gasteiger partial charge in [0.15, 0.2) is 0 Å². The third kappa shape index (κ3) is 4.53. The van der Waals surface area contributed by atoms with E-state index >= 15 is 0 Å². The second-order valence-electron chi connectivity index (χ2n) is 12.4. The highest BCUT2D eigenvalue weighted by atomic mass is 32.2. The summed E-state index contributed by atoms with van der Waals surface area (Å²) < 4.78 is 6.38. The molecular weight excluding hydrogens is 645 g/mol. The highest BCUT2D eigenvalue weighted by Gasteiger charge is 2.70. The minimum atomic E-state index is -0.612. The molecule has 2 saturated carbocycles. The quantitative estimate of drug-likeness (QED) is 0.145. The molecular formula is C33H26N4O8S2. The predicted molar refractivity (Wildman–Crippen MR) is 173 cm³/mol. The standard InChI is InChI=1S/C33H26N4O8S2/c1-15-4-2-3-5-16(15)14-45-23-11-10-19(37(43)44)12-20(23)24-25-21-13-22(28(25)46-30-29(24)47-33(40)34-30)27-26(21)31(38)35(32(27)39)17-6-8-18(9-7-17)36(41)42/h2-12,21-22,24-28H,13-14H2,1H3,(H,34,40)/t21-,22-,24+,25+,26+,27+,28-/m1/s1. The average Bonchev–Trinajstić information content (AvgIpc) is 3.79. The van der Waals surface area contributed by atoms with Gasteiger partial charge < -0.3 is 9.72 Å². The van der Waals surface area contributed by atoms with Crippen LogP contribution in [-0.4, -0.2) is 31.9 Å². The number of aryl methyl sites for hydroxylation is 1. The molecule has 2 aliphatic heterocycles. The Morgan fingerprint density at radius 1 is 0.915 bits per heavy atom. The van der Waals surface area contributed by atoms with E-state index in [0.29, 0.717) is 28.4 Å². The lowest BCUT2D eigenvalue weighted by Crippen LogP contribution is -2.42. The van der Waals surface area contributed by atoms with Gasteiger partial charge in [-0.2, -0.15) is 0 Å². The average molecular weight is 671 g/mol. The normalized spacial score (nSPS) is 27.0. The van der Waals surface area contributed by atoms with Crippen LogP contribution in [0.1, 0.15) is 33.9 Å². The van der Waals surface area contributed by atoms with Gasteiger partial charge in [0.2, 0.25) is 11.8 Å². The molecule has 1 N–H and O–H groups in total. The molecule has 8 rings (SSSR count). The Morgan fingerprint density at radius 3 is 2.30 bits per heavy atom. The van der Waals surface area contributed by atoms with Crippen molar-refractivity contribution in [3.05, 3.63) is 118 Å². The highest BCUT2D eigenvalue weighted by molar-refractivity contribution is 8.00. The molecule has 47 heavy (non-hydrogen) atoms. The molecule has 2 bridgehead atoms. The third-order valence-corrected chi connectivity index (χ3v) is 12.8. The van der Waals surface area contributed by atoms with Crippen molar-refractivity contribution in [3.8, 4) is 5.75 Å². The molecule has 7 atom stereocenters. The number of carbonyl (C=O) groups excluding carboxylic acids is 2. The van der Waals surface area contributed by atoms with Crippen LogP contribution in [0.25, 0.3) is 0 Å². The van der Waals surface area contributed by atoms with Crippen molar-refractivity contribution in [1.82, 2.24) is 4.98 Å². The van der Waals surface area contributed by atoms with Crippen molar-refractivity contribution in [1.29, 1.82) is 0 Å². The van der Waals surface area contributed by atoms with Crippen LogP contribution in [0.4, 0.5) is 17.1 Å². The Kier molecular flexibility index (Phi) is 6.84. The second-order valence-corrected chi connectivity index (χ2v) is 14.6. The predicted octanol–water partition coefficient (Wildman–Crippen LogP) is 5.82. The van der Waals surface area contributed by atoms with Crippen LogP contribution in [0.3, 0.4) is 0 Å². The Morgan fingerprint density at radius 2 is 1.60 bits per heavy atom. The fourth-order valence-electron chi connectivity index (χ4n) is 8.29. The molecule has 1 saturated heterocycles. The van der Waals surface area contributed by atoms with Gasteiger partial charge in [-0.3, -0.25) is 39.5 Å². The highest BCUT2D eigenvalue weighted by Crippen LogP contribution is 2.69. The summed E-state index contributed by atoms with van der Waals surface area (Å²) in [5.74, 6) is -2.48. The number of fused-ring (bicyclic) bond motifs is 9. The van der Waals surface area contributed by atoms with E-state index in [1.807, 2.05) is 31.2 Å². The lowest BCUT2D eigenvalue weighted by molar-refractivity contribution is -0.385. The van der Waals surface area contributed by atoms with Crippen molar-refractivity contribution in [2.75, 3.05) is 4.90 Å². The number of nitrogens with zero attached hydrogens (tertiary/aromatic N) is 3. The summed E-state index contributed by atoms with van der Waals surface area (Å²) in [5.41, 5.74) is 2.62. The number of H-pyrrole nitrogens is 1. The van der Waals surface area contributed by atoms with Gasteiger partial charge in [0.25, 0.3) is 11.4 Å². The molecule has 0 unspecified atom stereocenters. The number of aromatic amines is 1. The number of anilines is 1. The Balaban J connectivity index is 1.21. The molecule has 3 aromatic carbocycles. The fourth-order valence-corrected chi connectivity index (χ4v) is 11.2. The van der Waals surface area contributed by atoms with Gasteiger partial charge in [-0.25, -0.2) is 0 Å². The minimum absolute atomic E-state index is 0.111. The summed E-state index contributed by atoms with van der Waals surface area (Å²) in [6.45, 7) is 2.21. The maximum absolute atomic E-state index is 14.1. The van der Waals surface area contributed by atoms with Crippen molar-refractivity contribution in [2.24, 2.45) is 29.6 Å². The number of aromatic nitrogens is 1. The Bertz CT molecular complexity index is 2060. The molecule has 14 heteroatoms. The van der Waals surface area contributed by atoms with Crippen LogP contribution in [0.15, 0.2) is 76.6 Å². The summed E-state index contributed by atoms with van der Waals surface area (Å²) in [7, 11) is 0. The van der Waals surface area contributed by atoms with Crippen molar-refractivity contribution in [3.63, 3.8) is 0 Å². The van der Waals surface area contributed by atoms with Crippen LogP contribution in [0, 0.1) is 56.7 Å². The molecule has 4 aromatic rings. The largest absolute Gasteiger partial charge is 0.489 e. The lowest BCUT2D eigenvalue weighted by Gasteiger charge is -2.43. The van der Waals surface area contributed by atoms with E-state index in [4.69, 9.17) is 4.74 Å². The third-order valence-electron chi connectivity index (χ3n) is 10.2. The molecule has 2 amide bonds. The van der Waals surface area contributed by atoms with E-state index in [9.17, 15) is 34.6 Å². The number of carbonyl (C=O) groups is 2. The smallest absolute Gasteiger partial charge is 0.305 e. The van der Waals surface area contributed by atoms with Gasteiger partial charge >= 0.3 is 4.87 Å². The number of thioether (sulfide) groups is 1. The van der Waals surface area contributed by atoms with Crippen LogP contribution < -0.4 is 14.5 Å². The fraction of sp³-hybridized carbons (Fsp3) is 0.303. The molecule has 4 aliphatic rings. The van der Waals surface area contributed by atoms with Crippen LogP contribution in [-0.2, 0) is 16.2 Å². The van der Waals surface area contributed by atoms with E-state index in [-0.39, 0.29) is 57.7 Å². The molecule has 3 heterocycles. The van der Waals surface area contributed by atoms with Gasteiger partial charge in [0, 0.05) is 45.9 Å². The first-order chi connectivity index (χ1) is 22.6. The topological polar surface area (TPSA) is 166 Å². The number of non-ortho nitro benzene ring substituents is 2. The summed E-state index contributed by atoms with van der Waals surface area (Å²) in [4.78, 5) is 67.6. The summed E-state index contributed by atoms with van der Waals surface area (Å²) >= 11 is 2.58. The number of nitro groups is 2. The van der Waals surface area contributed by atoms with Gasteiger partial charge in [0.1, 0.15) is 12.4 Å². The SMILES string of the molecule is Cc1ccccc1COc1ccc([N+](=O)[O-])cc1[C@@H]1c2sc(=O)[nH]c2S[C@@H]2[C@@H]3C[C@@H]([C@@H]4C(=O)N(c5ccc([N+](=O)[O-])cc5)C(=O)[C@@H]34)[C@@H]12. The van der Waals surface area contributed by atoms with Crippen molar-refractivity contribution in [2.45, 2.75) is 36.1 Å². The van der Waals surface area contributed by atoms with Crippen LogP contribution in [0.2, 0.25) is 0 Å². The maximum atomic E-state index is 14.1. The molecule has 238 valence electrons. The number of thiazole rings is 1. The van der Waals surface area contributed by atoms with Gasteiger partial charge in [-0.05, 0) is 60.4 Å². The van der Waals surface area contributed by atoms with Gasteiger partial charge in [-0.1, -0.05) is 35.6 Å². The molecule has 0 spiro atoms. The van der Waals surface area contributed by atoms with E-state index < -0.39 is 27.6 Å². The summed E-state index contributed by atoms with van der Waals surface area (Å²) in [5, 5.41) is 23.8. The van der Waals surface area contributed by atoms with Crippen LogP contribution >= 0.6 is 23.1 Å². The molecule has 2 aliphatic carbocycles. The molecule has 3 fully saturated rings. The zero-order chi connectivity index (χ0) is 32.7. The molecule has 1 aromatic heterocycles. The van der Waals surface area contributed by atoms with Gasteiger partial charge in [-0.15, -0.1) is 11.8 Å². The number of amides is 2. The number of rotatable bonds is 7. The number of nitro benzene ring substituents is 2. The van der Waals surface area contributed by atoms with Crippen molar-refractivity contribution >= 4 is 52.0 Å². The lowest BCUT2D eigenvalue weighted by atomic mass is 9.68. The molecule has 12 nitrogen and oxygen atoms in total. The first-order valence-corrected chi connectivity index (χ1v) is 16.8. The number of benzene rings is 3. The van der Waals surface area contributed by atoms with Gasteiger partial charge in [0.05, 0.1) is 32.4 Å². The summed E-state index contributed by atoms with van der Waals surface area (Å²) in [6, 6.07) is 17.7. The number of hydrogen-bond acceptors (Lipinski definition) is 10. The first kappa shape index (κ1) is 29.6. The van der Waals surface area contributed by atoms with E-state index in [1.54, 1.807) is 6.07 Å². The van der Waals surface area contributed by atoms with E-state index in [2.05, 4.69) is 4.98 Å². The first-order valence-electron chi connectivity index (χ1n) is 15.1. The maximum Gasteiger partial charge on any atom is 0.305 e. The summed E-state index contributed by atoms with van der Waals surface area (Å²) in [6.07, 6.45) is 0.632. The number of imide groups is 1. The zero-order valence-corrected chi connectivity index (χ0v) is 26.4. The Hall–Kier alpha value is -4.82. The number of ether oxygens (including phenoxy) is 1. The number of nitrogens with one attached hydrogen (secondary N) is 1. The van der Waals surface area contributed by atoms with E-state index in [0.717, 1.165) is 32.2 Å².